The Bertz CT molecular complexity index is 1430. The fraction of sp³-hybridized carbons (Fsp3) is 0.267. The van der Waals surface area contributed by atoms with Crippen molar-refractivity contribution in [3.8, 4) is 6.07 Å². The maximum Gasteiger partial charge on any atom is 0.323 e. The monoisotopic (exact) mass is 522 g/mol. The number of urea groups is 1. The van der Waals surface area contributed by atoms with Gasteiger partial charge in [0.1, 0.15) is 28.9 Å². The number of nitriles is 1. The van der Waals surface area contributed by atoms with E-state index in [4.69, 9.17) is 4.52 Å². The summed E-state index contributed by atoms with van der Waals surface area (Å²) < 4.78 is 5.08. The van der Waals surface area contributed by atoms with Gasteiger partial charge >= 0.3 is 6.03 Å². The van der Waals surface area contributed by atoms with E-state index in [2.05, 4.69) is 31.7 Å². The van der Waals surface area contributed by atoms with E-state index >= 15 is 0 Å². The van der Waals surface area contributed by atoms with Crippen molar-refractivity contribution in [3.05, 3.63) is 101 Å². The Labute approximate surface area is 227 Å². The lowest BCUT2D eigenvalue weighted by Gasteiger charge is -2.42. The number of nitrogens with one attached hydrogen (secondary N) is 2. The zero-order valence-electron chi connectivity index (χ0n) is 21.9. The molecule has 3 N–H and O–H groups in total. The number of benzene rings is 2. The van der Waals surface area contributed by atoms with Gasteiger partial charge in [0.25, 0.3) is 0 Å². The Morgan fingerprint density at radius 3 is 2.21 bits per heavy atom. The molecule has 0 bridgehead atoms. The third-order valence-electron chi connectivity index (χ3n) is 7.33. The predicted molar refractivity (Wildman–Crippen MR) is 148 cm³/mol. The first kappa shape index (κ1) is 25.9. The van der Waals surface area contributed by atoms with Crippen LogP contribution in [0.25, 0.3) is 0 Å². The highest BCUT2D eigenvalue weighted by atomic mass is 16.5. The van der Waals surface area contributed by atoms with Crippen LogP contribution in [-0.2, 0) is 5.60 Å². The fourth-order valence-electron chi connectivity index (χ4n) is 5.33. The predicted octanol–water partition coefficient (Wildman–Crippen LogP) is 5.35. The van der Waals surface area contributed by atoms with Gasteiger partial charge < -0.3 is 25.2 Å². The quantitative estimate of drug-likeness (QED) is 0.311. The lowest BCUT2D eigenvalue weighted by atomic mass is 9.72. The van der Waals surface area contributed by atoms with Crippen LogP contribution in [0.2, 0.25) is 0 Å². The van der Waals surface area contributed by atoms with Crippen LogP contribution >= 0.6 is 0 Å². The number of aryl methyl sites for hydroxylation is 2. The summed E-state index contributed by atoms with van der Waals surface area (Å²) in [5.41, 5.74) is 2.46. The van der Waals surface area contributed by atoms with E-state index in [-0.39, 0.29) is 5.92 Å². The first-order valence-electron chi connectivity index (χ1n) is 12.9. The van der Waals surface area contributed by atoms with E-state index in [0.29, 0.717) is 60.1 Å². The van der Waals surface area contributed by atoms with Crippen molar-refractivity contribution in [2.75, 3.05) is 28.6 Å². The maximum absolute atomic E-state index is 12.5. The van der Waals surface area contributed by atoms with E-state index < -0.39 is 11.6 Å². The molecule has 198 valence electrons. The van der Waals surface area contributed by atoms with Gasteiger partial charge in [-0.15, -0.1) is 0 Å². The average molecular weight is 523 g/mol. The van der Waals surface area contributed by atoms with Crippen molar-refractivity contribution in [1.82, 2.24) is 10.1 Å². The standard InChI is InChI=1S/C30H30N6O3/c1-20-27(21(2)39-35-20)34-29(37)33-26-17-22(18-31)28(32-19-26)36-15-13-25(14-16-36)30(38,23-9-5-3-6-10-23)24-11-7-4-8-12-24/h3-12,17,19,25,38H,13-16H2,1-2H3,(H2,33,34,37). The van der Waals surface area contributed by atoms with E-state index in [0.717, 1.165) is 11.1 Å². The smallest absolute Gasteiger partial charge is 0.323 e. The van der Waals surface area contributed by atoms with Gasteiger partial charge in [-0.2, -0.15) is 5.26 Å². The summed E-state index contributed by atoms with van der Waals surface area (Å²) in [6, 6.07) is 22.9. The Kier molecular flexibility index (Phi) is 7.30. The molecule has 2 aromatic heterocycles. The van der Waals surface area contributed by atoms with Crippen LogP contribution in [0, 0.1) is 31.1 Å². The van der Waals surface area contributed by atoms with Gasteiger partial charge in [-0.1, -0.05) is 65.8 Å². The van der Waals surface area contributed by atoms with Crippen LogP contribution in [0.1, 0.15) is 41.0 Å². The number of aromatic nitrogens is 2. The highest BCUT2D eigenvalue weighted by Gasteiger charge is 2.41. The molecule has 0 aliphatic carbocycles. The topological polar surface area (TPSA) is 127 Å². The summed E-state index contributed by atoms with van der Waals surface area (Å²) >= 11 is 0. The molecule has 1 saturated heterocycles. The van der Waals surface area contributed by atoms with Crippen molar-refractivity contribution in [2.45, 2.75) is 32.3 Å². The summed E-state index contributed by atoms with van der Waals surface area (Å²) in [6.07, 6.45) is 2.97. The molecule has 0 spiro atoms. The van der Waals surface area contributed by atoms with E-state index in [1.807, 2.05) is 60.7 Å². The Morgan fingerprint density at radius 1 is 1.05 bits per heavy atom. The van der Waals surface area contributed by atoms with Gasteiger partial charge in [0, 0.05) is 13.1 Å². The molecule has 5 rings (SSSR count). The molecule has 1 fully saturated rings. The SMILES string of the molecule is Cc1noc(C)c1NC(=O)Nc1cnc(N2CCC(C(O)(c3ccccc3)c3ccccc3)CC2)c(C#N)c1. The molecule has 9 heteroatoms. The van der Waals surface area contributed by atoms with Crippen LogP contribution in [0.15, 0.2) is 77.4 Å². The third kappa shape index (κ3) is 5.19. The first-order valence-corrected chi connectivity index (χ1v) is 12.9. The molecule has 2 aromatic carbocycles. The number of amides is 2. The lowest BCUT2D eigenvalue weighted by Crippen LogP contribution is -2.44. The average Bonchev–Trinajstić information content (AvgIpc) is 3.29. The number of nitrogens with zero attached hydrogens (tertiary/aromatic N) is 4. The molecule has 9 nitrogen and oxygen atoms in total. The number of aliphatic hydroxyl groups is 1. The molecule has 1 aliphatic heterocycles. The second-order valence-corrected chi connectivity index (χ2v) is 9.75. The van der Waals surface area contributed by atoms with E-state index in [1.165, 1.54) is 0 Å². The lowest BCUT2D eigenvalue weighted by molar-refractivity contribution is 0.00500. The second-order valence-electron chi connectivity index (χ2n) is 9.75. The number of pyridine rings is 1. The zero-order chi connectivity index (χ0) is 27.4. The largest absolute Gasteiger partial charge is 0.380 e. The highest BCUT2D eigenvalue weighted by Crippen LogP contribution is 2.42. The molecule has 0 radical (unpaired) electrons. The van der Waals surface area contributed by atoms with Crippen LogP contribution in [0.3, 0.4) is 0 Å². The van der Waals surface area contributed by atoms with E-state index in [1.54, 1.807) is 26.1 Å². The molecule has 0 unspecified atom stereocenters. The fourth-order valence-corrected chi connectivity index (χ4v) is 5.33. The van der Waals surface area contributed by atoms with Crippen molar-refractivity contribution >= 4 is 23.2 Å². The summed E-state index contributed by atoms with van der Waals surface area (Å²) in [7, 11) is 0. The van der Waals surface area contributed by atoms with Gasteiger partial charge in [-0.3, -0.25) is 0 Å². The second kappa shape index (κ2) is 11.0. The molecule has 3 heterocycles. The first-order chi connectivity index (χ1) is 18.9. The van der Waals surface area contributed by atoms with Crippen LogP contribution in [-0.4, -0.2) is 34.4 Å². The number of hydrogen-bond acceptors (Lipinski definition) is 7. The third-order valence-corrected chi connectivity index (χ3v) is 7.33. The van der Waals surface area contributed by atoms with Crippen molar-refractivity contribution in [2.24, 2.45) is 5.92 Å². The van der Waals surface area contributed by atoms with Crippen LogP contribution in [0.4, 0.5) is 22.0 Å². The van der Waals surface area contributed by atoms with E-state index in [9.17, 15) is 15.2 Å². The molecule has 39 heavy (non-hydrogen) atoms. The number of rotatable bonds is 6. The maximum atomic E-state index is 12.5. The zero-order valence-corrected chi connectivity index (χ0v) is 21.9. The number of piperidine rings is 1. The summed E-state index contributed by atoms with van der Waals surface area (Å²) in [4.78, 5) is 19.1. The minimum atomic E-state index is -1.12. The summed E-state index contributed by atoms with van der Waals surface area (Å²) in [6.45, 7) is 4.71. The minimum Gasteiger partial charge on any atom is -0.380 e. The molecular formula is C30H30N6O3. The Balaban J connectivity index is 1.30. The van der Waals surface area contributed by atoms with Gasteiger partial charge in [-0.25, -0.2) is 9.78 Å². The molecule has 4 aromatic rings. The van der Waals surface area contributed by atoms with Crippen molar-refractivity contribution in [3.63, 3.8) is 0 Å². The molecular weight excluding hydrogens is 492 g/mol. The summed E-state index contributed by atoms with van der Waals surface area (Å²) in [5, 5.41) is 31.3. The molecule has 2 amide bonds. The van der Waals surface area contributed by atoms with Crippen LogP contribution in [0.5, 0.6) is 0 Å². The number of carbonyl (C=O) groups excluding carboxylic acids is 1. The molecule has 0 atom stereocenters. The highest BCUT2D eigenvalue weighted by molar-refractivity contribution is 6.00. The normalized spacial score (nSPS) is 14.1. The van der Waals surface area contributed by atoms with Crippen molar-refractivity contribution < 1.29 is 14.4 Å². The Morgan fingerprint density at radius 2 is 1.67 bits per heavy atom. The van der Waals surface area contributed by atoms with Gasteiger partial charge in [0.15, 0.2) is 5.76 Å². The van der Waals surface area contributed by atoms with Crippen LogP contribution < -0.4 is 15.5 Å². The number of hydrogen-bond donors (Lipinski definition) is 3. The minimum absolute atomic E-state index is 0.0157. The van der Waals surface area contributed by atoms with Gasteiger partial charge in [0.2, 0.25) is 0 Å². The molecule has 0 saturated carbocycles. The number of carbonyl (C=O) groups is 1. The van der Waals surface area contributed by atoms with Gasteiger partial charge in [0.05, 0.1) is 17.4 Å². The van der Waals surface area contributed by atoms with Gasteiger partial charge in [-0.05, 0) is 49.8 Å². The number of anilines is 3. The van der Waals surface area contributed by atoms with Crippen molar-refractivity contribution in [1.29, 1.82) is 5.26 Å². The molecule has 1 aliphatic rings. The Hall–Kier alpha value is -4.68. The summed E-state index contributed by atoms with van der Waals surface area (Å²) in [5.74, 6) is 1.05.